The smallest absolute Gasteiger partial charge is 0.211 e. The molecule has 2 aliphatic rings. The summed E-state index contributed by atoms with van der Waals surface area (Å²) < 4.78 is 21.5. The van der Waals surface area contributed by atoms with E-state index >= 15 is 0 Å². The summed E-state index contributed by atoms with van der Waals surface area (Å²) in [7, 11) is 1.65. The van der Waals surface area contributed by atoms with Crippen LogP contribution < -0.4 is 5.73 Å². The zero-order chi connectivity index (χ0) is 12.3. The molecule has 1 saturated heterocycles. The standard InChI is InChI=1S/C11H19NO5/c1-14-7-2-3-8(17-11(12)13)5-10-9(4-7)15-6-16-10/h2-3,7-11,13H,4-6,12H2,1H3/b3-2+. The van der Waals surface area contributed by atoms with Gasteiger partial charge in [-0.3, -0.25) is 5.73 Å². The van der Waals surface area contributed by atoms with E-state index in [1.807, 2.05) is 12.2 Å². The summed E-state index contributed by atoms with van der Waals surface area (Å²) in [4.78, 5) is 0. The lowest BCUT2D eigenvalue weighted by atomic mass is 9.97. The van der Waals surface area contributed by atoms with E-state index in [2.05, 4.69) is 0 Å². The largest absolute Gasteiger partial charge is 0.377 e. The van der Waals surface area contributed by atoms with Gasteiger partial charge in [0.1, 0.15) is 6.79 Å². The summed E-state index contributed by atoms with van der Waals surface area (Å²) in [6, 6.07) is 0. The Bertz CT molecular complexity index is 271. The van der Waals surface area contributed by atoms with Gasteiger partial charge in [-0.05, 0) is 0 Å². The Morgan fingerprint density at radius 1 is 1.24 bits per heavy atom. The summed E-state index contributed by atoms with van der Waals surface area (Å²) in [6.07, 6.45) is 3.49. The monoisotopic (exact) mass is 245 g/mol. The Kier molecular flexibility index (Phi) is 4.49. The molecular weight excluding hydrogens is 226 g/mol. The predicted octanol–water partition coefficient (Wildman–Crippen LogP) is -0.287. The normalized spacial score (nSPS) is 41.4. The van der Waals surface area contributed by atoms with Gasteiger partial charge in [0.15, 0.2) is 0 Å². The van der Waals surface area contributed by atoms with Crippen LogP contribution in [0.15, 0.2) is 12.2 Å². The van der Waals surface area contributed by atoms with Gasteiger partial charge in [0.2, 0.25) is 6.41 Å². The first-order chi connectivity index (χ1) is 8.19. The molecule has 1 fully saturated rings. The second kappa shape index (κ2) is 5.90. The molecule has 5 atom stereocenters. The van der Waals surface area contributed by atoms with E-state index in [1.54, 1.807) is 7.11 Å². The number of aliphatic hydroxyl groups is 1. The quantitative estimate of drug-likeness (QED) is 0.525. The molecule has 1 heterocycles. The SMILES string of the molecule is COC1/C=C/C(OC(N)O)CC2OCOC2C1. The Morgan fingerprint density at radius 2 is 1.82 bits per heavy atom. The van der Waals surface area contributed by atoms with E-state index in [-0.39, 0.29) is 24.4 Å². The van der Waals surface area contributed by atoms with Crippen LogP contribution in [-0.2, 0) is 18.9 Å². The zero-order valence-corrected chi connectivity index (χ0v) is 9.82. The number of hydrogen-bond acceptors (Lipinski definition) is 6. The van der Waals surface area contributed by atoms with Gasteiger partial charge in [-0.25, -0.2) is 0 Å². The second-order valence-corrected chi connectivity index (χ2v) is 4.22. The minimum absolute atomic E-state index is 0.00548. The highest BCUT2D eigenvalue weighted by Crippen LogP contribution is 2.26. The molecule has 0 saturated carbocycles. The van der Waals surface area contributed by atoms with Gasteiger partial charge in [-0.2, -0.15) is 0 Å². The molecule has 6 nitrogen and oxygen atoms in total. The maximum atomic E-state index is 9.05. The van der Waals surface area contributed by atoms with Gasteiger partial charge in [-0.15, -0.1) is 0 Å². The van der Waals surface area contributed by atoms with Crippen molar-refractivity contribution in [2.45, 2.75) is 43.7 Å². The first-order valence-electron chi connectivity index (χ1n) is 5.72. The first kappa shape index (κ1) is 12.9. The number of methoxy groups -OCH3 is 1. The molecule has 98 valence electrons. The van der Waals surface area contributed by atoms with Crippen LogP contribution in [0.4, 0.5) is 0 Å². The Morgan fingerprint density at radius 3 is 2.41 bits per heavy atom. The number of ether oxygens (including phenoxy) is 4. The summed E-state index contributed by atoms with van der Waals surface area (Å²) in [5, 5.41) is 9.05. The van der Waals surface area contributed by atoms with E-state index in [4.69, 9.17) is 29.8 Å². The molecule has 0 radical (unpaired) electrons. The third-order valence-electron chi connectivity index (χ3n) is 3.07. The lowest BCUT2D eigenvalue weighted by Crippen LogP contribution is -2.36. The molecule has 17 heavy (non-hydrogen) atoms. The van der Waals surface area contributed by atoms with Crippen LogP contribution >= 0.6 is 0 Å². The summed E-state index contributed by atoms with van der Waals surface area (Å²) >= 11 is 0. The van der Waals surface area contributed by atoms with Crippen LogP contribution in [0.3, 0.4) is 0 Å². The van der Waals surface area contributed by atoms with Crippen LogP contribution in [0.25, 0.3) is 0 Å². The molecule has 2 rings (SSSR count). The van der Waals surface area contributed by atoms with Crippen molar-refractivity contribution in [3.63, 3.8) is 0 Å². The van der Waals surface area contributed by atoms with Crippen molar-refractivity contribution in [1.82, 2.24) is 0 Å². The van der Waals surface area contributed by atoms with Crippen molar-refractivity contribution in [2.24, 2.45) is 5.73 Å². The highest BCUT2D eigenvalue weighted by Gasteiger charge is 2.34. The minimum atomic E-state index is -1.29. The fourth-order valence-electron chi connectivity index (χ4n) is 2.19. The number of hydrogen-bond donors (Lipinski definition) is 2. The van der Waals surface area contributed by atoms with Crippen LogP contribution in [0.2, 0.25) is 0 Å². The predicted molar refractivity (Wildman–Crippen MR) is 58.9 cm³/mol. The Labute approximate surface area is 100 Å². The number of fused-ring (bicyclic) bond motifs is 1. The second-order valence-electron chi connectivity index (χ2n) is 4.22. The molecule has 1 aliphatic heterocycles. The van der Waals surface area contributed by atoms with E-state index in [0.717, 1.165) is 6.42 Å². The molecule has 5 unspecified atom stereocenters. The molecule has 0 aromatic carbocycles. The molecular formula is C11H19NO5. The van der Waals surface area contributed by atoms with Crippen LogP contribution in [0.5, 0.6) is 0 Å². The number of nitrogens with two attached hydrogens (primary N) is 1. The zero-order valence-electron chi connectivity index (χ0n) is 9.82. The molecule has 0 aromatic heterocycles. The molecule has 1 aliphatic carbocycles. The third-order valence-corrected chi connectivity index (χ3v) is 3.07. The lowest BCUT2D eigenvalue weighted by molar-refractivity contribution is -0.127. The number of rotatable bonds is 3. The van der Waals surface area contributed by atoms with Crippen LogP contribution in [-0.4, -0.2) is 49.8 Å². The van der Waals surface area contributed by atoms with E-state index < -0.39 is 6.41 Å². The van der Waals surface area contributed by atoms with Gasteiger partial charge in [0, 0.05) is 20.0 Å². The minimum Gasteiger partial charge on any atom is -0.377 e. The topological polar surface area (TPSA) is 83.2 Å². The molecule has 0 amide bonds. The molecule has 0 aromatic rings. The average molecular weight is 245 g/mol. The summed E-state index contributed by atoms with van der Waals surface area (Å²) in [6.45, 7) is 0.295. The maximum absolute atomic E-state index is 9.05. The van der Waals surface area contributed by atoms with E-state index in [1.165, 1.54) is 0 Å². The van der Waals surface area contributed by atoms with Crippen molar-refractivity contribution in [3.05, 3.63) is 12.2 Å². The van der Waals surface area contributed by atoms with Gasteiger partial charge in [-0.1, -0.05) is 12.2 Å². The van der Waals surface area contributed by atoms with Gasteiger partial charge < -0.3 is 24.1 Å². The molecule has 0 spiro atoms. The third kappa shape index (κ3) is 3.48. The Balaban J connectivity index is 2.05. The van der Waals surface area contributed by atoms with Crippen molar-refractivity contribution >= 4 is 0 Å². The highest BCUT2D eigenvalue weighted by atomic mass is 16.7. The maximum Gasteiger partial charge on any atom is 0.211 e. The fourth-order valence-corrected chi connectivity index (χ4v) is 2.19. The van der Waals surface area contributed by atoms with Crippen molar-refractivity contribution in [1.29, 1.82) is 0 Å². The fraction of sp³-hybridized carbons (Fsp3) is 0.818. The highest BCUT2D eigenvalue weighted by molar-refractivity contribution is 5.01. The van der Waals surface area contributed by atoms with Crippen molar-refractivity contribution in [3.8, 4) is 0 Å². The average Bonchev–Trinajstić information content (AvgIpc) is 2.66. The molecule has 3 N–H and O–H groups in total. The van der Waals surface area contributed by atoms with Gasteiger partial charge in [0.05, 0.1) is 24.4 Å². The van der Waals surface area contributed by atoms with Crippen molar-refractivity contribution < 1.29 is 24.1 Å². The summed E-state index contributed by atoms with van der Waals surface area (Å²) in [5.74, 6) is 0. The summed E-state index contributed by atoms with van der Waals surface area (Å²) in [5.41, 5.74) is 5.21. The first-order valence-corrected chi connectivity index (χ1v) is 5.72. The number of aliphatic hydroxyl groups excluding tert-OH is 1. The van der Waals surface area contributed by atoms with E-state index in [0.29, 0.717) is 13.2 Å². The van der Waals surface area contributed by atoms with Crippen LogP contribution in [0.1, 0.15) is 12.8 Å². The van der Waals surface area contributed by atoms with Gasteiger partial charge >= 0.3 is 0 Å². The molecule has 0 bridgehead atoms. The Hall–Kier alpha value is -0.500. The van der Waals surface area contributed by atoms with Gasteiger partial charge in [0.25, 0.3) is 0 Å². The lowest BCUT2D eigenvalue weighted by Gasteiger charge is -2.27. The van der Waals surface area contributed by atoms with Crippen LogP contribution in [0, 0.1) is 0 Å². The molecule has 6 heteroatoms. The van der Waals surface area contributed by atoms with Crippen molar-refractivity contribution in [2.75, 3.05) is 13.9 Å². The van der Waals surface area contributed by atoms with E-state index in [9.17, 15) is 0 Å².